The summed E-state index contributed by atoms with van der Waals surface area (Å²) in [6, 6.07) is 0.280. The minimum absolute atomic E-state index is 0.274. The van der Waals surface area contributed by atoms with E-state index in [2.05, 4.69) is 40.1 Å². The molecule has 2 rings (SSSR count). The molecule has 0 aliphatic rings. The van der Waals surface area contributed by atoms with Crippen molar-refractivity contribution in [2.75, 3.05) is 13.2 Å². The van der Waals surface area contributed by atoms with Crippen molar-refractivity contribution in [2.24, 2.45) is 5.92 Å². The maximum atomic E-state index is 8.99. The van der Waals surface area contributed by atoms with Gasteiger partial charge in [0.15, 0.2) is 4.96 Å². The van der Waals surface area contributed by atoms with Gasteiger partial charge in [-0.1, -0.05) is 13.3 Å². The van der Waals surface area contributed by atoms with Crippen LogP contribution >= 0.6 is 11.3 Å². The third-order valence-electron chi connectivity index (χ3n) is 3.45. The Labute approximate surface area is 112 Å². The molecule has 2 aromatic rings. The van der Waals surface area contributed by atoms with Crippen LogP contribution < -0.4 is 5.32 Å². The van der Waals surface area contributed by atoms with E-state index in [-0.39, 0.29) is 12.6 Å². The normalized spacial score (nSPS) is 15.1. The highest BCUT2D eigenvalue weighted by molar-refractivity contribution is 7.15. The third kappa shape index (κ3) is 2.91. The van der Waals surface area contributed by atoms with Crippen molar-refractivity contribution in [1.29, 1.82) is 0 Å². The Hall–Kier alpha value is -0.910. The molecule has 0 radical (unpaired) electrons. The van der Waals surface area contributed by atoms with E-state index in [1.807, 2.05) is 6.20 Å². The lowest BCUT2D eigenvalue weighted by Crippen LogP contribution is -2.26. The van der Waals surface area contributed by atoms with Crippen LogP contribution in [0.2, 0.25) is 0 Å². The summed E-state index contributed by atoms with van der Waals surface area (Å²) in [5, 5.41) is 14.6. The fourth-order valence-electron chi connectivity index (χ4n) is 2.15. The van der Waals surface area contributed by atoms with Gasteiger partial charge in [-0.05, 0) is 25.8 Å². The van der Waals surface area contributed by atoms with E-state index < -0.39 is 0 Å². The number of hydrogen-bond donors (Lipinski definition) is 2. The van der Waals surface area contributed by atoms with Gasteiger partial charge in [-0.2, -0.15) is 0 Å². The smallest absolute Gasteiger partial charge is 0.193 e. The maximum Gasteiger partial charge on any atom is 0.193 e. The molecule has 5 heteroatoms. The standard InChI is InChI=1S/C13H21N3OS/c1-3-11(4-6-17)8-14-10(2)12-9-15-13-16(12)5-7-18-13/h5,7,9-11,14,17H,3-4,6,8H2,1-2H3. The van der Waals surface area contributed by atoms with Crippen LogP contribution in [0.25, 0.3) is 4.96 Å². The van der Waals surface area contributed by atoms with Crippen LogP contribution in [0.15, 0.2) is 17.8 Å². The fraction of sp³-hybridized carbons (Fsp3) is 0.615. The lowest BCUT2D eigenvalue weighted by atomic mass is 10.0. The monoisotopic (exact) mass is 267 g/mol. The van der Waals surface area contributed by atoms with Crippen molar-refractivity contribution in [2.45, 2.75) is 32.7 Å². The molecule has 0 aromatic carbocycles. The van der Waals surface area contributed by atoms with Crippen molar-refractivity contribution in [3.63, 3.8) is 0 Å². The third-order valence-corrected chi connectivity index (χ3v) is 4.22. The number of hydrogen-bond acceptors (Lipinski definition) is 4. The van der Waals surface area contributed by atoms with Gasteiger partial charge < -0.3 is 10.4 Å². The summed E-state index contributed by atoms with van der Waals surface area (Å²) in [5.41, 5.74) is 1.20. The highest BCUT2D eigenvalue weighted by Crippen LogP contribution is 2.19. The van der Waals surface area contributed by atoms with Crippen molar-refractivity contribution in [3.8, 4) is 0 Å². The van der Waals surface area contributed by atoms with Crippen molar-refractivity contribution >= 4 is 16.3 Å². The number of fused-ring (bicyclic) bond motifs is 1. The van der Waals surface area contributed by atoms with Crippen LogP contribution in [-0.2, 0) is 0 Å². The number of nitrogens with zero attached hydrogens (tertiary/aromatic N) is 2. The molecule has 0 amide bonds. The van der Waals surface area contributed by atoms with E-state index in [9.17, 15) is 0 Å². The van der Waals surface area contributed by atoms with Crippen LogP contribution in [0.1, 0.15) is 38.4 Å². The average molecular weight is 267 g/mol. The van der Waals surface area contributed by atoms with Gasteiger partial charge in [0.05, 0.1) is 11.9 Å². The minimum Gasteiger partial charge on any atom is -0.396 e. The summed E-state index contributed by atoms with van der Waals surface area (Å²) in [7, 11) is 0. The number of aliphatic hydroxyl groups excluding tert-OH is 1. The predicted molar refractivity (Wildman–Crippen MR) is 75.0 cm³/mol. The number of nitrogens with one attached hydrogen (secondary N) is 1. The van der Waals surface area contributed by atoms with E-state index in [0.717, 1.165) is 24.3 Å². The zero-order valence-corrected chi connectivity index (χ0v) is 11.8. The van der Waals surface area contributed by atoms with E-state index in [1.165, 1.54) is 5.69 Å². The molecule has 0 aliphatic carbocycles. The molecule has 2 unspecified atom stereocenters. The zero-order chi connectivity index (χ0) is 13.0. The topological polar surface area (TPSA) is 49.6 Å². The Morgan fingerprint density at radius 1 is 1.56 bits per heavy atom. The van der Waals surface area contributed by atoms with Gasteiger partial charge >= 0.3 is 0 Å². The summed E-state index contributed by atoms with van der Waals surface area (Å²) < 4.78 is 2.13. The lowest BCUT2D eigenvalue weighted by molar-refractivity contribution is 0.249. The number of thiazole rings is 1. The van der Waals surface area contributed by atoms with E-state index in [4.69, 9.17) is 5.11 Å². The predicted octanol–water partition coefficient (Wildman–Crippen LogP) is 2.46. The molecule has 0 aliphatic heterocycles. The molecule has 0 saturated heterocycles. The number of aromatic nitrogens is 2. The molecule has 0 fully saturated rings. The van der Waals surface area contributed by atoms with Gasteiger partial charge in [0.25, 0.3) is 0 Å². The summed E-state index contributed by atoms with van der Waals surface area (Å²) in [4.78, 5) is 5.43. The summed E-state index contributed by atoms with van der Waals surface area (Å²) in [5.74, 6) is 0.545. The molecule has 100 valence electrons. The summed E-state index contributed by atoms with van der Waals surface area (Å²) >= 11 is 1.65. The van der Waals surface area contributed by atoms with Crippen LogP contribution in [0.3, 0.4) is 0 Å². The molecular formula is C13H21N3OS. The average Bonchev–Trinajstić information content (AvgIpc) is 2.96. The van der Waals surface area contributed by atoms with Gasteiger partial charge in [0, 0.05) is 24.2 Å². The van der Waals surface area contributed by atoms with Crippen LogP contribution in [0, 0.1) is 5.92 Å². The highest BCUT2D eigenvalue weighted by Gasteiger charge is 2.13. The molecule has 2 aromatic heterocycles. The Morgan fingerprint density at radius 2 is 2.39 bits per heavy atom. The Kier molecular flexibility index (Phi) is 4.74. The SMILES string of the molecule is CCC(CCO)CNC(C)c1cnc2sccn12. The van der Waals surface area contributed by atoms with Crippen LogP contribution in [-0.4, -0.2) is 27.6 Å². The first-order valence-electron chi connectivity index (χ1n) is 6.51. The maximum absolute atomic E-state index is 8.99. The Morgan fingerprint density at radius 3 is 3.11 bits per heavy atom. The first-order valence-corrected chi connectivity index (χ1v) is 7.39. The van der Waals surface area contributed by atoms with Crippen molar-refractivity contribution in [3.05, 3.63) is 23.5 Å². The molecule has 0 bridgehead atoms. The molecular weight excluding hydrogens is 246 g/mol. The first kappa shape index (κ1) is 13.5. The Balaban J connectivity index is 1.95. The minimum atomic E-state index is 0.274. The lowest BCUT2D eigenvalue weighted by Gasteiger charge is -2.18. The number of aliphatic hydroxyl groups is 1. The first-order chi connectivity index (χ1) is 8.76. The highest BCUT2D eigenvalue weighted by atomic mass is 32.1. The molecule has 4 nitrogen and oxygen atoms in total. The van der Waals surface area contributed by atoms with Crippen LogP contribution in [0.4, 0.5) is 0 Å². The molecule has 0 saturated carbocycles. The second-order valence-corrected chi connectivity index (χ2v) is 5.53. The molecule has 2 N–H and O–H groups in total. The second-order valence-electron chi connectivity index (χ2n) is 4.66. The zero-order valence-electron chi connectivity index (χ0n) is 11.0. The van der Waals surface area contributed by atoms with Gasteiger partial charge in [-0.25, -0.2) is 4.98 Å². The molecule has 2 heterocycles. The summed E-state index contributed by atoms with van der Waals surface area (Å²) in [6.45, 7) is 5.54. The number of rotatable bonds is 7. The number of imidazole rings is 1. The second kappa shape index (κ2) is 6.31. The van der Waals surface area contributed by atoms with Gasteiger partial charge in [0.2, 0.25) is 0 Å². The van der Waals surface area contributed by atoms with E-state index >= 15 is 0 Å². The summed E-state index contributed by atoms with van der Waals surface area (Å²) in [6.07, 6.45) is 5.97. The molecule has 2 atom stereocenters. The van der Waals surface area contributed by atoms with Gasteiger partial charge in [-0.3, -0.25) is 4.40 Å². The van der Waals surface area contributed by atoms with Crippen LogP contribution in [0.5, 0.6) is 0 Å². The van der Waals surface area contributed by atoms with Gasteiger partial charge in [-0.15, -0.1) is 11.3 Å². The van der Waals surface area contributed by atoms with E-state index in [1.54, 1.807) is 11.3 Å². The molecule has 0 spiro atoms. The van der Waals surface area contributed by atoms with Crippen molar-refractivity contribution in [1.82, 2.24) is 14.7 Å². The fourth-order valence-corrected chi connectivity index (χ4v) is 2.84. The molecule has 18 heavy (non-hydrogen) atoms. The van der Waals surface area contributed by atoms with Gasteiger partial charge in [0.1, 0.15) is 0 Å². The largest absolute Gasteiger partial charge is 0.396 e. The van der Waals surface area contributed by atoms with E-state index in [0.29, 0.717) is 5.92 Å². The Bertz CT molecular complexity index is 479. The van der Waals surface area contributed by atoms with Crippen molar-refractivity contribution < 1.29 is 5.11 Å². The quantitative estimate of drug-likeness (QED) is 0.810.